The first-order valence-electron chi connectivity index (χ1n) is 7.04. The summed E-state index contributed by atoms with van der Waals surface area (Å²) in [6.07, 6.45) is 1.52. The highest BCUT2D eigenvalue weighted by atomic mass is 32.2. The molecular formula is C16H20N2O2S. The van der Waals surface area contributed by atoms with Crippen molar-refractivity contribution in [3.63, 3.8) is 0 Å². The Morgan fingerprint density at radius 1 is 1.33 bits per heavy atom. The third kappa shape index (κ3) is 4.36. The fourth-order valence-electron chi connectivity index (χ4n) is 1.84. The maximum absolute atomic E-state index is 11.5. The number of imidazole rings is 1. The minimum atomic E-state index is -0.363. The van der Waals surface area contributed by atoms with Crippen LogP contribution in [-0.2, 0) is 10.5 Å². The van der Waals surface area contributed by atoms with E-state index in [0.717, 1.165) is 10.9 Å². The van der Waals surface area contributed by atoms with Crippen molar-refractivity contribution >= 4 is 17.7 Å². The number of aromatic nitrogens is 2. The molecule has 0 spiro atoms. The number of carbonyl (C=O) groups is 1. The first kappa shape index (κ1) is 15.6. The van der Waals surface area contributed by atoms with Gasteiger partial charge in [-0.15, -0.1) is 0 Å². The molecule has 0 saturated heterocycles. The Labute approximate surface area is 129 Å². The molecular weight excluding hydrogens is 284 g/mol. The molecule has 0 aliphatic heterocycles. The van der Waals surface area contributed by atoms with Crippen LogP contribution in [0.15, 0.2) is 35.6 Å². The zero-order chi connectivity index (χ0) is 15.2. The zero-order valence-corrected chi connectivity index (χ0v) is 13.4. The van der Waals surface area contributed by atoms with Crippen molar-refractivity contribution in [1.29, 1.82) is 0 Å². The lowest BCUT2D eigenvalue weighted by atomic mass is 10.0. The molecule has 1 aromatic carbocycles. The van der Waals surface area contributed by atoms with Crippen molar-refractivity contribution in [2.75, 3.05) is 6.61 Å². The van der Waals surface area contributed by atoms with Gasteiger partial charge >= 0.3 is 5.97 Å². The molecule has 0 radical (unpaired) electrons. The smallest absolute Gasteiger partial charge is 0.356 e. The highest BCUT2D eigenvalue weighted by molar-refractivity contribution is 7.98. The van der Waals surface area contributed by atoms with E-state index in [-0.39, 0.29) is 5.97 Å². The Balaban J connectivity index is 1.92. The molecule has 5 heteroatoms. The first-order valence-corrected chi connectivity index (χ1v) is 8.02. The van der Waals surface area contributed by atoms with Crippen LogP contribution in [0, 0.1) is 0 Å². The van der Waals surface area contributed by atoms with Crippen molar-refractivity contribution in [3.8, 4) is 0 Å². The largest absolute Gasteiger partial charge is 0.461 e. The number of thioether (sulfide) groups is 1. The van der Waals surface area contributed by atoms with Crippen molar-refractivity contribution in [2.24, 2.45) is 0 Å². The number of benzene rings is 1. The van der Waals surface area contributed by atoms with E-state index in [9.17, 15) is 4.79 Å². The number of nitrogens with zero attached hydrogens (tertiary/aromatic N) is 1. The average molecular weight is 304 g/mol. The molecule has 2 rings (SSSR count). The maximum Gasteiger partial charge on any atom is 0.356 e. The first-order chi connectivity index (χ1) is 10.1. The van der Waals surface area contributed by atoms with Gasteiger partial charge in [-0.1, -0.05) is 49.9 Å². The van der Waals surface area contributed by atoms with Gasteiger partial charge in [0.25, 0.3) is 0 Å². The van der Waals surface area contributed by atoms with Gasteiger partial charge in [-0.05, 0) is 24.0 Å². The van der Waals surface area contributed by atoms with Crippen LogP contribution in [0.2, 0.25) is 0 Å². The minimum Gasteiger partial charge on any atom is -0.461 e. The molecule has 1 aromatic heterocycles. The number of rotatable bonds is 6. The topological polar surface area (TPSA) is 55.0 Å². The molecule has 0 amide bonds. The van der Waals surface area contributed by atoms with Crippen molar-refractivity contribution < 1.29 is 9.53 Å². The lowest BCUT2D eigenvalue weighted by molar-refractivity contribution is 0.0519. The molecule has 0 atom stereocenters. The number of ether oxygens (including phenoxy) is 1. The van der Waals surface area contributed by atoms with Crippen LogP contribution in [0.1, 0.15) is 48.3 Å². The number of hydrogen-bond acceptors (Lipinski definition) is 4. The molecule has 21 heavy (non-hydrogen) atoms. The van der Waals surface area contributed by atoms with Crippen LogP contribution >= 0.6 is 11.8 Å². The van der Waals surface area contributed by atoms with Crippen LogP contribution in [0.25, 0.3) is 0 Å². The SMILES string of the molecule is CCOC(=O)c1cnc(SCc2ccc(C(C)C)cc2)[nH]1. The summed E-state index contributed by atoms with van der Waals surface area (Å²) in [5.41, 5.74) is 2.97. The van der Waals surface area contributed by atoms with E-state index in [1.165, 1.54) is 17.3 Å². The second-order valence-corrected chi connectivity index (χ2v) is 5.97. The standard InChI is InChI=1S/C16H20N2O2S/c1-4-20-15(19)14-9-17-16(18-14)21-10-12-5-7-13(8-6-12)11(2)3/h5-9,11H,4,10H2,1-3H3,(H,17,18). The quantitative estimate of drug-likeness (QED) is 0.647. The summed E-state index contributed by atoms with van der Waals surface area (Å²) in [5, 5.41) is 0.728. The van der Waals surface area contributed by atoms with Gasteiger partial charge in [0.2, 0.25) is 0 Å². The predicted octanol–water partition coefficient (Wildman–Crippen LogP) is 4.00. The van der Waals surface area contributed by atoms with Crippen molar-refractivity contribution in [3.05, 3.63) is 47.3 Å². The molecule has 112 valence electrons. The molecule has 1 N–H and O–H groups in total. The fraction of sp³-hybridized carbons (Fsp3) is 0.375. The van der Waals surface area contributed by atoms with E-state index in [0.29, 0.717) is 18.2 Å². The number of nitrogens with one attached hydrogen (secondary N) is 1. The van der Waals surface area contributed by atoms with Gasteiger partial charge in [-0.3, -0.25) is 0 Å². The van der Waals surface area contributed by atoms with Gasteiger partial charge in [0, 0.05) is 5.75 Å². The van der Waals surface area contributed by atoms with Gasteiger partial charge < -0.3 is 9.72 Å². The summed E-state index contributed by atoms with van der Waals surface area (Å²) in [6, 6.07) is 8.59. The fourth-order valence-corrected chi connectivity index (χ4v) is 2.64. The summed E-state index contributed by atoms with van der Waals surface area (Å²) in [7, 11) is 0. The predicted molar refractivity (Wildman–Crippen MR) is 84.6 cm³/mol. The number of aromatic amines is 1. The number of carbonyl (C=O) groups excluding carboxylic acids is 1. The molecule has 0 saturated carbocycles. The number of hydrogen-bond donors (Lipinski definition) is 1. The Kier molecular flexibility index (Phi) is 5.44. The van der Waals surface area contributed by atoms with E-state index in [1.807, 2.05) is 0 Å². The van der Waals surface area contributed by atoms with Crippen LogP contribution < -0.4 is 0 Å². The molecule has 4 nitrogen and oxygen atoms in total. The summed E-state index contributed by atoms with van der Waals surface area (Å²) in [5.74, 6) is 0.996. The zero-order valence-electron chi connectivity index (χ0n) is 12.6. The van der Waals surface area contributed by atoms with Gasteiger partial charge in [0.05, 0.1) is 12.8 Å². The normalized spacial score (nSPS) is 10.9. The van der Waals surface area contributed by atoms with Crippen LogP contribution in [0.3, 0.4) is 0 Å². The van der Waals surface area contributed by atoms with Gasteiger partial charge in [0.15, 0.2) is 5.16 Å². The molecule has 0 unspecified atom stereocenters. The van der Waals surface area contributed by atoms with Crippen molar-refractivity contribution in [2.45, 2.75) is 37.6 Å². The molecule has 2 aromatic rings. The van der Waals surface area contributed by atoms with Crippen LogP contribution in [0.5, 0.6) is 0 Å². The Morgan fingerprint density at radius 3 is 2.67 bits per heavy atom. The van der Waals surface area contributed by atoms with E-state index in [1.54, 1.807) is 18.7 Å². The highest BCUT2D eigenvalue weighted by Crippen LogP contribution is 2.22. The maximum atomic E-state index is 11.5. The van der Waals surface area contributed by atoms with E-state index in [4.69, 9.17) is 4.74 Å². The van der Waals surface area contributed by atoms with Crippen LogP contribution in [-0.4, -0.2) is 22.5 Å². The lowest BCUT2D eigenvalue weighted by Gasteiger charge is -2.06. The summed E-state index contributed by atoms with van der Waals surface area (Å²) in [4.78, 5) is 18.7. The van der Waals surface area contributed by atoms with E-state index in [2.05, 4.69) is 48.1 Å². The summed E-state index contributed by atoms with van der Waals surface area (Å²) in [6.45, 7) is 6.51. The molecule has 0 aliphatic carbocycles. The van der Waals surface area contributed by atoms with E-state index >= 15 is 0 Å². The van der Waals surface area contributed by atoms with Gasteiger partial charge in [-0.25, -0.2) is 9.78 Å². The molecule has 1 heterocycles. The number of H-pyrrole nitrogens is 1. The van der Waals surface area contributed by atoms with Gasteiger partial charge in [-0.2, -0.15) is 0 Å². The average Bonchev–Trinajstić information content (AvgIpc) is 2.95. The number of esters is 1. The Morgan fingerprint density at radius 2 is 2.05 bits per heavy atom. The molecule has 0 bridgehead atoms. The third-order valence-corrected chi connectivity index (χ3v) is 4.03. The summed E-state index contributed by atoms with van der Waals surface area (Å²) >= 11 is 1.57. The molecule has 0 aliphatic rings. The van der Waals surface area contributed by atoms with Crippen molar-refractivity contribution in [1.82, 2.24) is 9.97 Å². The lowest BCUT2D eigenvalue weighted by Crippen LogP contribution is -2.04. The molecule has 0 fully saturated rings. The monoisotopic (exact) mass is 304 g/mol. The summed E-state index contributed by atoms with van der Waals surface area (Å²) < 4.78 is 4.92. The van der Waals surface area contributed by atoms with Gasteiger partial charge in [0.1, 0.15) is 5.69 Å². The second-order valence-electron chi connectivity index (χ2n) is 5.01. The van der Waals surface area contributed by atoms with E-state index < -0.39 is 0 Å². The minimum absolute atomic E-state index is 0.363. The Hall–Kier alpha value is -1.75. The third-order valence-electron chi connectivity index (χ3n) is 3.07. The highest BCUT2D eigenvalue weighted by Gasteiger charge is 2.10. The Bertz CT molecular complexity index is 591. The second kappa shape index (κ2) is 7.31. The van der Waals surface area contributed by atoms with Crippen LogP contribution in [0.4, 0.5) is 0 Å².